The van der Waals surface area contributed by atoms with Gasteiger partial charge in [0, 0.05) is 25.5 Å². The van der Waals surface area contributed by atoms with E-state index in [1.807, 2.05) is 0 Å². The number of carbonyl (C=O) groups excluding carboxylic acids is 2. The molecule has 2 aromatic rings. The van der Waals surface area contributed by atoms with Gasteiger partial charge in [-0.15, -0.1) is 0 Å². The number of amides is 2. The molecule has 0 bridgehead atoms. The summed E-state index contributed by atoms with van der Waals surface area (Å²) in [5.74, 6) is -0.0631. The quantitative estimate of drug-likeness (QED) is 0.814. The van der Waals surface area contributed by atoms with E-state index in [-0.39, 0.29) is 30.8 Å². The highest BCUT2D eigenvalue weighted by Crippen LogP contribution is 2.31. The van der Waals surface area contributed by atoms with E-state index in [2.05, 4.69) is 17.0 Å². The van der Waals surface area contributed by atoms with E-state index in [0.29, 0.717) is 23.5 Å². The van der Waals surface area contributed by atoms with Crippen LogP contribution in [0, 0.1) is 0 Å². The summed E-state index contributed by atoms with van der Waals surface area (Å²) in [6, 6.07) is 4.73. The Labute approximate surface area is 159 Å². The largest absolute Gasteiger partial charge is 0.416 e. The van der Waals surface area contributed by atoms with Crippen LogP contribution in [0.15, 0.2) is 43.1 Å². The number of halogens is 3. The molecule has 0 saturated carbocycles. The third-order valence-corrected chi connectivity index (χ3v) is 4.50. The molecule has 1 aliphatic heterocycles. The van der Waals surface area contributed by atoms with Crippen molar-refractivity contribution in [3.8, 4) is 0 Å². The maximum Gasteiger partial charge on any atom is 0.416 e. The highest BCUT2D eigenvalue weighted by atomic mass is 19.4. The fraction of sp³-hybridized carbons (Fsp3) is 0.316. The summed E-state index contributed by atoms with van der Waals surface area (Å²) in [6.07, 6.45) is -1.53. The van der Waals surface area contributed by atoms with Crippen LogP contribution in [-0.4, -0.2) is 34.2 Å². The highest BCUT2D eigenvalue weighted by molar-refractivity contribution is 5.92. The molecule has 0 fully saturated rings. The summed E-state index contributed by atoms with van der Waals surface area (Å²) in [4.78, 5) is 25.2. The van der Waals surface area contributed by atoms with E-state index in [1.165, 1.54) is 17.9 Å². The lowest BCUT2D eigenvalue weighted by molar-refractivity contribution is -0.137. The monoisotopic (exact) mass is 392 g/mol. The van der Waals surface area contributed by atoms with Crippen molar-refractivity contribution in [2.75, 3.05) is 11.4 Å². The minimum absolute atomic E-state index is 0.201. The number of aromatic nitrogens is 2. The predicted molar refractivity (Wildman–Crippen MR) is 96.6 cm³/mol. The van der Waals surface area contributed by atoms with Crippen LogP contribution in [-0.2, 0) is 28.7 Å². The van der Waals surface area contributed by atoms with Gasteiger partial charge in [-0.2, -0.15) is 18.3 Å². The number of alkyl halides is 3. The standard InChI is InChI=1S/C19H19F3N4O2/c1-3-17(28)24-16-10-25(12(2)27)18-14(9-23-26(18)11-16)7-13-5-4-6-15(8-13)19(20,21)22/h3-6,8-9,16H,1,7,10-11H2,2H3,(H,24,28). The summed E-state index contributed by atoms with van der Waals surface area (Å²) in [7, 11) is 0. The first-order valence-corrected chi connectivity index (χ1v) is 8.61. The third-order valence-electron chi connectivity index (χ3n) is 4.50. The lowest BCUT2D eigenvalue weighted by atomic mass is 10.0. The molecule has 3 rings (SSSR count). The molecule has 1 atom stereocenters. The molecule has 6 nitrogen and oxygen atoms in total. The average Bonchev–Trinajstić information content (AvgIpc) is 3.03. The molecule has 1 aromatic heterocycles. The Hall–Kier alpha value is -3.10. The van der Waals surface area contributed by atoms with Gasteiger partial charge in [-0.3, -0.25) is 14.5 Å². The average molecular weight is 392 g/mol. The Morgan fingerprint density at radius 3 is 2.75 bits per heavy atom. The normalized spacial score (nSPS) is 16.4. The second kappa shape index (κ2) is 7.49. The van der Waals surface area contributed by atoms with Gasteiger partial charge in [-0.05, 0) is 17.7 Å². The van der Waals surface area contributed by atoms with Gasteiger partial charge in [0.15, 0.2) is 0 Å². The van der Waals surface area contributed by atoms with Crippen LogP contribution in [0.1, 0.15) is 23.6 Å². The van der Waals surface area contributed by atoms with Gasteiger partial charge >= 0.3 is 6.18 Å². The molecule has 2 amide bonds. The zero-order chi connectivity index (χ0) is 20.5. The zero-order valence-electron chi connectivity index (χ0n) is 15.2. The molecule has 1 aromatic carbocycles. The molecule has 9 heteroatoms. The van der Waals surface area contributed by atoms with Crippen LogP contribution in [0.25, 0.3) is 0 Å². The number of hydrogen-bond acceptors (Lipinski definition) is 3. The Morgan fingerprint density at radius 2 is 2.11 bits per heavy atom. The Balaban J connectivity index is 1.89. The Bertz CT molecular complexity index is 920. The molecule has 1 aliphatic rings. The number of rotatable bonds is 4. The van der Waals surface area contributed by atoms with Crippen molar-refractivity contribution in [1.29, 1.82) is 0 Å². The number of benzene rings is 1. The minimum Gasteiger partial charge on any atom is -0.346 e. The molecular weight excluding hydrogens is 373 g/mol. The van der Waals surface area contributed by atoms with E-state index >= 15 is 0 Å². The summed E-state index contributed by atoms with van der Waals surface area (Å²) >= 11 is 0. The Morgan fingerprint density at radius 1 is 1.36 bits per heavy atom. The van der Waals surface area contributed by atoms with Gasteiger partial charge in [-0.25, -0.2) is 4.68 Å². The summed E-state index contributed by atoms with van der Waals surface area (Å²) in [5, 5.41) is 7.00. The number of nitrogens with one attached hydrogen (secondary N) is 1. The van der Waals surface area contributed by atoms with Crippen LogP contribution in [0.3, 0.4) is 0 Å². The fourth-order valence-electron chi connectivity index (χ4n) is 3.27. The zero-order valence-corrected chi connectivity index (χ0v) is 15.2. The summed E-state index contributed by atoms with van der Waals surface area (Å²) < 4.78 is 40.4. The smallest absolute Gasteiger partial charge is 0.346 e. The van der Waals surface area contributed by atoms with Gasteiger partial charge in [-0.1, -0.05) is 24.8 Å². The topological polar surface area (TPSA) is 67.2 Å². The second-order valence-corrected chi connectivity index (χ2v) is 6.59. The van der Waals surface area contributed by atoms with E-state index in [0.717, 1.165) is 18.2 Å². The number of hydrogen-bond donors (Lipinski definition) is 1. The fourth-order valence-corrected chi connectivity index (χ4v) is 3.27. The summed E-state index contributed by atoms with van der Waals surface area (Å²) in [6.45, 7) is 5.39. The van der Waals surface area contributed by atoms with E-state index in [1.54, 1.807) is 16.9 Å². The molecule has 28 heavy (non-hydrogen) atoms. The Kier molecular flexibility index (Phi) is 5.26. The molecule has 1 unspecified atom stereocenters. The van der Waals surface area contributed by atoms with Crippen LogP contribution in [0.2, 0.25) is 0 Å². The highest BCUT2D eigenvalue weighted by Gasteiger charge is 2.32. The molecule has 148 valence electrons. The van der Waals surface area contributed by atoms with Crippen molar-refractivity contribution in [2.45, 2.75) is 32.1 Å². The van der Waals surface area contributed by atoms with Crippen molar-refractivity contribution in [3.63, 3.8) is 0 Å². The molecule has 0 aliphatic carbocycles. The van der Waals surface area contributed by atoms with Crippen molar-refractivity contribution in [2.24, 2.45) is 0 Å². The predicted octanol–water partition coefficient (Wildman–Crippen LogP) is 2.53. The second-order valence-electron chi connectivity index (χ2n) is 6.59. The molecule has 0 radical (unpaired) electrons. The number of nitrogens with zero attached hydrogens (tertiary/aromatic N) is 3. The number of anilines is 1. The van der Waals surface area contributed by atoms with Crippen LogP contribution in [0.5, 0.6) is 0 Å². The first-order chi connectivity index (χ1) is 13.2. The molecule has 2 heterocycles. The first-order valence-electron chi connectivity index (χ1n) is 8.61. The first kappa shape index (κ1) is 19.7. The van der Waals surface area contributed by atoms with Gasteiger partial charge in [0.1, 0.15) is 5.82 Å². The lowest BCUT2D eigenvalue weighted by Crippen LogP contribution is -2.51. The minimum atomic E-state index is -4.42. The maximum absolute atomic E-state index is 13.0. The lowest BCUT2D eigenvalue weighted by Gasteiger charge is -2.33. The number of fused-ring (bicyclic) bond motifs is 1. The van der Waals surface area contributed by atoms with Crippen LogP contribution >= 0.6 is 0 Å². The SMILES string of the molecule is C=CC(=O)NC1CN(C(C)=O)c2c(Cc3cccc(C(F)(F)F)c3)cnn2C1. The van der Waals surface area contributed by atoms with E-state index in [9.17, 15) is 22.8 Å². The molecule has 0 spiro atoms. The third kappa shape index (κ3) is 4.08. The van der Waals surface area contributed by atoms with Crippen molar-refractivity contribution < 1.29 is 22.8 Å². The number of carbonyl (C=O) groups is 2. The van der Waals surface area contributed by atoms with Gasteiger partial charge in [0.2, 0.25) is 11.8 Å². The maximum atomic E-state index is 13.0. The molecule has 1 N–H and O–H groups in total. The van der Waals surface area contributed by atoms with Crippen LogP contribution in [0.4, 0.5) is 19.0 Å². The van der Waals surface area contributed by atoms with Gasteiger partial charge in [0.25, 0.3) is 0 Å². The molecule has 0 saturated heterocycles. The van der Waals surface area contributed by atoms with Crippen molar-refractivity contribution in [1.82, 2.24) is 15.1 Å². The van der Waals surface area contributed by atoms with Crippen molar-refractivity contribution in [3.05, 3.63) is 59.8 Å². The van der Waals surface area contributed by atoms with Gasteiger partial charge in [0.05, 0.1) is 24.3 Å². The van der Waals surface area contributed by atoms with E-state index in [4.69, 9.17) is 0 Å². The van der Waals surface area contributed by atoms with E-state index < -0.39 is 11.7 Å². The molecular formula is C19H19F3N4O2. The summed E-state index contributed by atoms with van der Waals surface area (Å²) in [5.41, 5.74) is 0.390. The van der Waals surface area contributed by atoms with Gasteiger partial charge < -0.3 is 5.32 Å². The van der Waals surface area contributed by atoms with Crippen molar-refractivity contribution >= 4 is 17.6 Å². The van der Waals surface area contributed by atoms with Crippen LogP contribution < -0.4 is 10.2 Å².